The maximum Gasteiger partial charge on any atom is 0.127 e. The molecule has 0 bridgehead atoms. The Morgan fingerprint density at radius 1 is 1.24 bits per heavy atom. The Kier molecular flexibility index (Phi) is 4.29. The lowest BCUT2D eigenvalue weighted by molar-refractivity contribution is 0.512. The molecule has 0 fully saturated rings. The zero-order chi connectivity index (χ0) is 12.1. The first-order valence-electron chi connectivity index (χ1n) is 5.81. The van der Waals surface area contributed by atoms with Crippen LogP contribution in [0.15, 0.2) is 41.8 Å². The number of nitrogens with one attached hydrogen (secondary N) is 1. The molecule has 3 heteroatoms. The van der Waals surface area contributed by atoms with E-state index >= 15 is 0 Å². The van der Waals surface area contributed by atoms with Crippen molar-refractivity contribution >= 4 is 11.3 Å². The highest BCUT2D eigenvalue weighted by Crippen LogP contribution is 2.23. The zero-order valence-electron chi connectivity index (χ0n) is 9.82. The maximum absolute atomic E-state index is 13.8. The largest absolute Gasteiger partial charge is 0.310 e. The minimum absolute atomic E-state index is 0.0554. The standard InChI is InChI=1S/C14H16FNS/c1-2-16-14(10-11-6-5-9-17-11)12-7-3-4-8-13(12)15/h3-9,14,16H,2,10H2,1H3. The third-order valence-electron chi connectivity index (χ3n) is 2.72. The molecule has 0 saturated carbocycles. The Morgan fingerprint density at radius 2 is 2.06 bits per heavy atom. The summed E-state index contributed by atoms with van der Waals surface area (Å²) in [5.41, 5.74) is 0.753. The number of rotatable bonds is 5. The lowest BCUT2D eigenvalue weighted by atomic mass is 10.0. The van der Waals surface area contributed by atoms with Gasteiger partial charge in [-0.15, -0.1) is 11.3 Å². The van der Waals surface area contributed by atoms with Crippen LogP contribution in [-0.4, -0.2) is 6.54 Å². The fraction of sp³-hybridized carbons (Fsp3) is 0.286. The van der Waals surface area contributed by atoms with Gasteiger partial charge in [-0.05, 0) is 24.1 Å². The van der Waals surface area contributed by atoms with Gasteiger partial charge >= 0.3 is 0 Å². The SMILES string of the molecule is CCNC(Cc1cccs1)c1ccccc1F. The van der Waals surface area contributed by atoms with E-state index in [9.17, 15) is 4.39 Å². The van der Waals surface area contributed by atoms with E-state index in [2.05, 4.69) is 16.8 Å². The topological polar surface area (TPSA) is 12.0 Å². The summed E-state index contributed by atoms with van der Waals surface area (Å²) in [7, 11) is 0. The molecule has 0 amide bonds. The van der Waals surface area contributed by atoms with E-state index in [4.69, 9.17) is 0 Å². The first-order valence-corrected chi connectivity index (χ1v) is 6.69. The molecule has 2 rings (SSSR count). The summed E-state index contributed by atoms with van der Waals surface area (Å²) in [6.45, 7) is 2.88. The lowest BCUT2D eigenvalue weighted by Gasteiger charge is -2.18. The maximum atomic E-state index is 13.8. The van der Waals surface area contributed by atoms with E-state index in [1.54, 1.807) is 17.4 Å². The molecular weight excluding hydrogens is 233 g/mol. The number of benzene rings is 1. The van der Waals surface area contributed by atoms with Gasteiger partial charge in [0.05, 0.1) is 0 Å². The Labute approximate surface area is 105 Å². The second-order valence-corrected chi connectivity index (χ2v) is 4.95. The van der Waals surface area contributed by atoms with Gasteiger partial charge in [0.25, 0.3) is 0 Å². The minimum Gasteiger partial charge on any atom is -0.310 e. The van der Waals surface area contributed by atoms with Gasteiger partial charge < -0.3 is 5.32 Å². The second-order valence-electron chi connectivity index (χ2n) is 3.92. The van der Waals surface area contributed by atoms with Crippen LogP contribution in [0, 0.1) is 5.82 Å². The molecule has 0 aliphatic rings. The number of halogens is 1. The third kappa shape index (κ3) is 3.14. The summed E-state index contributed by atoms with van der Waals surface area (Å²) in [4.78, 5) is 1.28. The van der Waals surface area contributed by atoms with Crippen molar-refractivity contribution in [2.24, 2.45) is 0 Å². The molecule has 0 spiro atoms. The van der Waals surface area contributed by atoms with Gasteiger partial charge in [0.1, 0.15) is 5.82 Å². The quantitative estimate of drug-likeness (QED) is 0.850. The number of likely N-dealkylation sites (N-methyl/N-ethyl adjacent to an activating group) is 1. The van der Waals surface area contributed by atoms with Crippen molar-refractivity contribution in [1.82, 2.24) is 5.32 Å². The second kappa shape index (κ2) is 5.94. The highest BCUT2D eigenvalue weighted by molar-refractivity contribution is 7.09. The average Bonchev–Trinajstić information content (AvgIpc) is 2.82. The Morgan fingerprint density at radius 3 is 2.71 bits per heavy atom. The van der Waals surface area contributed by atoms with Gasteiger partial charge in [0.2, 0.25) is 0 Å². The smallest absolute Gasteiger partial charge is 0.127 e. The summed E-state index contributed by atoms with van der Waals surface area (Å²) in [5, 5.41) is 5.40. The molecule has 1 aromatic carbocycles. The number of thiophene rings is 1. The molecule has 17 heavy (non-hydrogen) atoms. The van der Waals surface area contributed by atoms with E-state index in [1.165, 1.54) is 10.9 Å². The summed E-state index contributed by atoms with van der Waals surface area (Å²) in [6, 6.07) is 11.2. The first kappa shape index (κ1) is 12.3. The third-order valence-corrected chi connectivity index (χ3v) is 3.62. The van der Waals surface area contributed by atoms with Crippen LogP contribution in [0.3, 0.4) is 0 Å². The lowest BCUT2D eigenvalue weighted by Crippen LogP contribution is -2.23. The molecule has 1 aromatic heterocycles. The van der Waals surface area contributed by atoms with Crippen LogP contribution in [-0.2, 0) is 6.42 Å². The van der Waals surface area contributed by atoms with Crippen molar-refractivity contribution in [1.29, 1.82) is 0 Å². The molecule has 2 aromatic rings. The highest BCUT2D eigenvalue weighted by atomic mass is 32.1. The Bertz CT molecular complexity index is 453. The van der Waals surface area contributed by atoms with Gasteiger partial charge in [-0.2, -0.15) is 0 Å². The molecule has 0 radical (unpaired) electrons. The van der Waals surface area contributed by atoms with Crippen molar-refractivity contribution in [3.63, 3.8) is 0 Å². The van der Waals surface area contributed by atoms with Crippen molar-refractivity contribution in [3.05, 3.63) is 58.0 Å². The Balaban J connectivity index is 2.20. The van der Waals surface area contributed by atoms with Crippen LogP contribution in [0.2, 0.25) is 0 Å². The van der Waals surface area contributed by atoms with E-state index in [-0.39, 0.29) is 11.9 Å². The molecule has 1 nitrogen and oxygen atoms in total. The first-order chi connectivity index (χ1) is 8.31. The fourth-order valence-electron chi connectivity index (χ4n) is 1.93. The predicted molar refractivity (Wildman–Crippen MR) is 70.8 cm³/mol. The van der Waals surface area contributed by atoms with Crippen LogP contribution < -0.4 is 5.32 Å². The fourth-order valence-corrected chi connectivity index (χ4v) is 2.68. The summed E-state index contributed by atoms with van der Waals surface area (Å²) in [5.74, 6) is -0.130. The van der Waals surface area contributed by atoms with E-state index in [0.717, 1.165) is 18.5 Å². The molecule has 1 N–H and O–H groups in total. The average molecular weight is 249 g/mol. The monoisotopic (exact) mass is 249 g/mol. The normalized spacial score (nSPS) is 12.6. The molecule has 1 heterocycles. The molecular formula is C14H16FNS. The van der Waals surface area contributed by atoms with Crippen LogP contribution in [0.25, 0.3) is 0 Å². The Hall–Kier alpha value is -1.19. The number of hydrogen-bond acceptors (Lipinski definition) is 2. The summed E-state index contributed by atoms with van der Waals surface area (Å²) in [6.07, 6.45) is 0.840. The van der Waals surface area contributed by atoms with E-state index in [0.29, 0.717) is 0 Å². The van der Waals surface area contributed by atoms with Gasteiger partial charge in [-0.1, -0.05) is 31.2 Å². The van der Waals surface area contributed by atoms with Gasteiger partial charge in [-0.25, -0.2) is 4.39 Å². The van der Waals surface area contributed by atoms with Crippen LogP contribution in [0.1, 0.15) is 23.4 Å². The van der Waals surface area contributed by atoms with Gasteiger partial charge in [-0.3, -0.25) is 0 Å². The number of hydrogen-bond donors (Lipinski definition) is 1. The summed E-state index contributed by atoms with van der Waals surface area (Å²) < 4.78 is 13.8. The zero-order valence-corrected chi connectivity index (χ0v) is 10.6. The van der Waals surface area contributed by atoms with Gasteiger partial charge in [0, 0.05) is 22.9 Å². The van der Waals surface area contributed by atoms with Crippen LogP contribution in [0.5, 0.6) is 0 Å². The molecule has 1 unspecified atom stereocenters. The van der Waals surface area contributed by atoms with E-state index in [1.807, 2.05) is 25.1 Å². The molecule has 0 aliphatic carbocycles. The molecule has 0 aliphatic heterocycles. The van der Waals surface area contributed by atoms with Gasteiger partial charge in [0.15, 0.2) is 0 Å². The van der Waals surface area contributed by atoms with Crippen molar-refractivity contribution in [2.45, 2.75) is 19.4 Å². The predicted octanol–water partition coefficient (Wildman–Crippen LogP) is 3.78. The van der Waals surface area contributed by atoms with Crippen molar-refractivity contribution < 1.29 is 4.39 Å². The van der Waals surface area contributed by atoms with Crippen LogP contribution >= 0.6 is 11.3 Å². The molecule has 1 atom stereocenters. The molecule has 0 saturated heterocycles. The minimum atomic E-state index is -0.130. The summed E-state index contributed by atoms with van der Waals surface area (Å²) >= 11 is 1.72. The molecule has 90 valence electrons. The van der Waals surface area contributed by atoms with Crippen LogP contribution in [0.4, 0.5) is 4.39 Å². The van der Waals surface area contributed by atoms with Crippen molar-refractivity contribution in [2.75, 3.05) is 6.54 Å². The highest BCUT2D eigenvalue weighted by Gasteiger charge is 2.15. The van der Waals surface area contributed by atoms with E-state index < -0.39 is 0 Å². The van der Waals surface area contributed by atoms with Crippen molar-refractivity contribution in [3.8, 4) is 0 Å².